The molecule has 2 N–H and O–H groups in total. The summed E-state index contributed by atoms with van der Waals surface area (Å²) in [7, 11) is 0. The van der Waals surface area contributed by atoms with Crippen molar-refractivity contribution in [2.24, 2.45) is 0 Å². The van der Waals surface area contributed by atoms with E-state index in [0.29, 0.717) is 23.6 Å². The number of hydrogen-bond acceptors (Lipinski definition) is 5. The Morgan fingerprint density at radius 2 is 2.13 bits per heavy atom. The minimum atomic E-state index is -0.750. The van der Waals surface area contributed by atoms with Crippen LogP contribution in [0.4, 0.5) is 0 Å². The zero-order valence-corrected chi connectivity index (χ0v) is 13.5. The predicted molar refractivity (Wildman–Crippen MR) is 85.2 cm³/mol. The first kappa shape index (κ1) is 17.0. The van der Waals surface area contributed by atoms with Crippen LogP contribution in [0, 0.1) is 0 Å². The summed E-state index contributed by atoms with van der Waals surface area (Å²) in [5.41, 5.74) is 0.445. The molecular formula is C17H22N2O4. The third kappa shape index (κ3) is 5.10. The lowest BCUT2D eigenvalue weighted by Gasteiger charge is -2.16. The van der Waals surface area contributed by atoms with Gasteiger partial charge < -0.3 is 19.6 Å². The van der Waals surface area contributed by atoms with Crippen LogP contribution in [0.3, 0.4) is 0 Å². The number of nitrogens with zero attached hydrogens (tertiary/aromatic N) is 1. The lowest BCUT2D eigenvalue weighted by atomic mass is 10.1. The van der Waals surface area contributed by atoms with Gasteiger partial charge in [0.1, 0.15) is 11.9 Å². The quantitative estimate of drug-likeness (QED) is 0.820. The molecule has 0 saturated carbocycles. The average molecular weight is 318 g/mol. The van der Waals surface area contributed by atoms with E-state index >= 15 is 0 Å². The maximum Gasteiger partial charge on any atom is 0.253 e. The molecule has 1 amide bonds. The maximum absolute atomic E-state index is 12.2. The van der Waals surface area contributed by atoms with E-state index in [-0.39, 0.29) is 18.1 Å². The van der Waals surface area contributed by atoms with Gasteiger partial charge in [0.25, 0.3) is 5.91 Å². The molecule has 124 valence electrons. The molecule has 6 nitrogen and oxygen atoms in total. The molecule has 0 spiro atoms. The molecule has 2 unspecified atom stereocenters. The van der Waals surface area contributed by atoms with Gasteiger partial charge in [-0.15, -0.1) is 0 Å². The Labute approximate surface area is 135 Å². The predicted octanol–water partition coefficient (Wildman–Crippen LogP) is 2.70. The van der Waals surface area contributed by atoms with Crippen molar-refractivity contribution in [3.05, 3.63) is 48.0 Å². The molecule has 0 fully saturated rings. The Hall–Kier alpha value is -2.34. The van der Waals surface area contributed by atoms with Crippen LogP contribution in [0.25, 0.3) is 0 Å². The molecule has 0 aliphatic carbocycles. The highest BCUT2D eigenvalue weighted by molar-refractivity contribution is 5.94. The summed E-state index contributed by atoms with van der Waals surface area (Å²) >= 11 is 0. The minimum Gasteiger partial charge on any atom is -0.475 e. The summed E-state index contributed by atoms with van der Waals surface area (Å²) < 4.78 is 10.6. The first-order valence-electron chi connectivity index (χ1n) is 7.60. The highest BCUT2D eigenvalue weighted by atomic mass is 16.5. The molecular weight excluding hydrogens is 296 g/mol. The second kappa shape index (κ2) is 7.78. The van der Waals surface area contributed by atoms with Crippen molar-refractivity contribution in [3.8, 4) is 5.88 Å². The Balaban J connectivity index is 1.88. The maximum atomic E-state index is 12.2. The van der Waals surface area contributed by atoms with E-state index < -0.39 is 6.10 Å². The molecule has 2 heterocycles. The second-order valence-corrected chi connectivity index (χ2v) is 5.69. The first-order chi connectivity index (χ1) is 11.0. The summed E-state index contributed by atoms with van der Waals surface area (Å²) in [5.74, 6) is 0.730. The van der Waals surface area contributed by atoms with Crippen LogP contribution in [0.5, 0.6) is 5.88 Å². The number of pyridine rings is 1. The van der Waals surface area contributed by atoms with Gasteiger partial charge in [-0.1, -0.05) is 0 Å². The van der Waals surface area contributed by atoms with E-state index in [4.69, 9.17) is 9.15 Å². The fourth-order valence-electron chi connectivity index (χ4n) is 2.12. The van der Waals surface area contributed by atoms with Gasteiger partial charge in [-0.3, -0.25) is 4.79 Å². The SMILES string of the molecule is CC(CC(O)c1ccco1)NC(=O)c1ccc(OC(C)C)nc1. The first-order valence-corrected chi connectivity index (χ1v) is 7.60. The third-order valence-electron chi connectivity index (χ3n) is 3.18. The van der Waals surface area contributed by atoms with E-state index in [1.165, 1.54) is 12.5 Å². The number of nitrogens with one attached hydrogen (secondary N) is 1. The third-order valence-corrected chi connectivity index (χ3v) is 3.18. The summed E-state index contributed by atoms with van der Waals surface area (Å²) in [6, 6.07) is 6.53. The van der Waals surface area contributed by atoms with Crippen molar-refractivity contribution in [2.75, 3.05) is 0 Å². The van der Waals surface area contributed by atoms with Crippen molar-refractivity contribution >= 4 is 5.91 Å². The molecule has 2 aromatic rings. The van der Waals surface area contributed by atoms with Gasteiger partial charge in [-0.05, 0) is 39.0 Å². The number of carbonyl (C=O) groups is 1. The van der Waals surface area contributed by atoms with Gasteiger partial charge in [0.2, 0.25) is 5.88 Å². The molecule has 23 heavy (non-hydrogen) atoms. The van der Waals surface area contributed by atoms with E-state index in [2.05, 4.69) is 10.3 Å². The smallest absolute Gasteiger partial charge is 0.253 e. The summed E-state index contributed by atoms with van der Waals surface area (Å²) in [6.45, 7) is 5.65. The number of furan rings is 1. The van der Waals surface area contributed by atoms with Crippen molar-refractivity contribution < 1.29 is 19.1 Å². The monoisotopic (exact) mass is 318 g/mol. The van der Waals surface area contributed by atoms with Gasteiger partial charge in [0.15, 0.2) is 0 Å². The Morgan fingerprint density at radius 1 is 1.35 bits per heavy atom. The number of aliphatic hydroxyl groups is 1. The summed E-state index contributed by atoms with van der Waals surface area (Å²) in [6.07, 6.45) is 2.63. The van der Waals surface area contributed by atoms with E-state index in [0.717, 1.165) is 0 Å². The minimum absolute atomic E-state index is 0.0327. The topological polar surface area (TPSA) is 84.6 Å². The molecule has 0 aliphatic rings. The molecule has 0 bridgehead atoms. The Bertz CT molecular complexity index is 608. The van der Waals surface area contributed by atoms with E-state index in [1.54, 1.807) is 24.3 Å². The van der Waals surface area contributed by atoms with Gasteiger partial charge in [-0.25, -0.2) is 4.98 Å². The number of aliphatic hydroxyl groups excluding tert-OH is 1. The molecule has 0 aliphatic heterocycles. The lowest BCUT2D eigenvalue weighted by molar-refractivity contribution is 0.0902. The van der Waals surface area contributed by atoms with Gasteiger partial charge in [0, 0.05) is 24.7 Å². The number of ether oxygens (including phenoxy) is 1. The van der Waals surface area contributed by atoms with Crippen molar-refractivity contribution in [2.45, 2.75) is 45.4 Å². The van der Waals surface area contributed by atoms with Crippen LogP contribution in [-0.4, -0.2) is 28.1 Å². The highest BCUT2D eigenvalue weighted by Gasteiger charge is 2.17. The lowest BCUT2D eigenvalue weighted by Crippen LogP contribution is -2.33. The van der Waals surface area contributed by atoms with Crippen LogP contribution in [-0.2, 0) is 0 Å². The molecule has 0 aromatic carbocycles. The number of carbonyl (C=O) groups excluding carboxylic acids is 1. The zero-order chi connectivity index (χ0) is 16.8. The molecule has 2 atom stereocenters. The summed E-state index contributed by atoms with van der Waals surface area (Å²) in [4.78, 5) is 16.3. The molecule has 2 rings (SSSR count). The Morgan fingerprint density at radius 3 is 2.70 bits per heavy atom. The van der Waals surface area contributed by atoms with Gasteiger partial charge >= 0.3 is 0 Å². The van der Waals surface area contributed by atoms with Crippen LogP contribution in [0.2, 0.25) is 0 Å². The number of rotatable bonds is 7. The second-order valence-electron chi connectivity index (χ2n) is 5.69. The number of aromatic nitrogens is 1. The molecule has 6 heteroatoms. The van der Waals surface area contributed by atoms with Gasteiger partial charge in [0.05, 0.1) is 17.9 Å². The Kier molecular flexibility index (Phi) is 5.76. The average Bonchev–Trinajstić information content (AvgIpc) is 3.01. The van der Waals surface area contributed by atoms with Crippen LogP contribution in [0.15, 0.2) is 41.1 Å². The normalized spacial score (nSPS) is 13.6. The number of amides is 1. The van der Waals surface area contributed by atoms with Gasteiger partial charge in [-0.2, -0.15) is 0 Å². The van der Waals surface area contributed by atoms with Crippen molar-refractivity contribution in [1.29, 1.82) is 0 Å². The highest BCUT2D eigenvalue weighted by Crippen LogP contribution is 2.18. The molecule has 0 radical (unpaired) electrons. The molecule has 2 aromatic heterocycles. The van der Waals surface area contributed by atoms with Crippen LogP contribution >= 0.6 is 0 Å². The fourth-order valence-corrected chi connectivity index (χ4v) is 2.12. The van der Waals surface area contributed by atoms with Crippen molar-refractivity contribution in [3.63, 3.8) is 0 Å². The fraction of sp³-hybridized carbons (Fsp3) is 0.412. The van der Waals surface area contributed by atoms with Crippen molar-refractivity contribution in [1.82, 2.24) is 10.3 Å². The standard InChI is InChI=1S/C17H22N2O4/c1-11(2)23-16-7-6-13(10-18-16)17(21)19-12(3)9-14(20)15-5-4-8-22-15/h4-8,10-12,14,20H,9H2,1-3H3,(H,19,21). The van der Waals surface area contributed by atoms with E-state index in [1.807, 2.05) is 20.8 Å². The molecule has 0 saturated heterocycles. The van der Waals surface area contributed by atoms with E-state index in [9.17, 15) is 9.90 Å². The van der Waals surface area contributed by atoms with Crippen LogP contribution < -0.4 is 10.1 Å². The largest absolute Gasteiger partial charge is 0.475 e. The van der Waals surface area contributed by atoms with Crippen LogP contribution in [0.1, 0.15) is 49.4 Å². The zero-order valence-electron chi connectivity index (χ0n) is 13.5. The summed E-state index contributed by atoms with van der Waals surface area (Å²) in [5, 5.41) is 12.8. The number of hydrogen-bond donors (Lipinski definition) is 2.